The molecule has 1 aliphatic rings. The Morgan fingerprint density at radius 1 is 1.21 bits per heavy atom. The SMILES string of the molecule is CC(CCN=C(N)C1CCCCC1)c1ccccc1. The lowest BCUT2D eigenvalue weighted by molar-refractivity contribution is 0.436. The molecule has 19 heavy (non-hydrogen) atoms. The molecule has 1 saturated carbocycles. The highest BCUT2D eigenvalue weighted by molar-refractivity contribution is 5.82. The van der Waals surface area contributed by atoms with E-state index < -0.39 is 0 Å². The van der Waals surface area contributed by atoms with Crippen LogP contribution in [0.5, 0.6) is 0 Å². The largest absolute Gasteiger partial charge is 0.387 e. The number of aliphatic imine (C=N–C) groups is 1. The molecule has 2 rings (SSSR count). The molecule has 0 aromatic heterocycles. The maximum atomic E-state index is 6.12. The summed E-state index contributed by atoms with van der Waals surface area (Å²) < 4.78 is 0. The summed E-state index contributed by atoms with van der Waals surface area (Å²) in [7, 11) is 0. The fourth-order valence-electron chi connectivity index (χ4n) is 2.86. The van der Waals surface area contributed by atoms with Crippen LogP contribution in [-0.4, -0.2) is 12.4 Å². The van der Waals surface area contributed by atoms with Crippen LogP contribution in [0.1, 0.15) is 56.9 Å². The average molecular weight is 258 g/mol. The van der Waals surface area contributed by atoms with Crippen LogP contribution in [0.4, 0.5) is 0 Å². The zero-order valence-corrected chi connectivity index (χ0v) is 12.0. The second-order valence-electron chi connectivity index (χ2n) is 5.74. The van der Waals surface area contributed by atoms with E-state index in [1.165, 1.54) is 37.7 Å². The van der Waals surface area contributed by atoms with E-state index in [1.807, 2.05) is 0 Å². The molecule has 2 heteroatoms. The first kappa shape index (κ1) is 14.1. The molecule has 0 amide bonds. The van der Waals surface area contributed by atoms with Crippen LogP contribution in [0, 0.1) is 5.92 Å². The van der Waals surface area contributed by atoms with Gasteiger partial charge in [-0.3, -0.25) is 4.99 Å². The van der Waals surface area contributed by atoms with Crippen molar-refractivity contribution in [3.05, 3.63) is 35.9 Å². The second-order valence-corrected chi connectivity index (χ2v) is 5.74. The van der Waals surface area contributed by atoms with E-state index in [0.717, 1.165) is 18.8 Å². The molecule has 0 spiro atoms. The van der Waals surface area contributed by atoms with Crippen molar-refractivity contribution in [2.24, 2.45) is 16.6 Å². The standard InChI is InChI=1S/C17H26N2/c1-14(15-8-4-2-5-9-15)12-13-19-17(18)16-10-6-3-7-11-16/h2,4-5,8-9,14,16H,3,6-7,10-13H2,1H3,(H2,18,19). The lowest BCUT2D eigenvalue weighted by Gasteiger charge is -2.21. The van der Waals surface area contributed by atoms with Gasteiger partial charge in [-0.15, -0.1) is 0 Å². The van der Waals surface area contributed by atoms with E-state index in [1.54, 1.807) is 0 Å². The molecule has 0 bridgehead atoms. The number of hydrogen-bond donors (Lipinski definition) is 1. The van der Waals surface area contributed by atoms with Crippen molar-refractivity contribution < 1.29 is 0 Å². The molecule has 1 aromatic carbocycles. The van der Waals surface area contributed by atoms with Gasteiger partial charge in [0.05, 0.1) is 5.84 Å². The van der Waals surface area contributed by atoms with Crippen LogP contribution in [-0.2, 0) is 0 Å². The Hall–Kier alpha value is -1.31. The third-order valence-electron chi connectivity index (χ3n) is 4.25. The second kappa shape index (κ2) is 7.32. The summed E-state index contributed by atoms with van der Waals surface area (Å²) in [4.78, 5) is 4.61. The predicted octanol–water partition coefficient (Wildman–Crippen LogP) is 4.12. The Balaban J connectivity index is 1.78. The molecular formula is C17H26N2. The van der Waals surface area contributed by atoms with Gasteiger partial charge in [-0.2, -0.15) is 0 Å². The van der Waals surface area contributed by atoms with Gasteiger partial charge in [0, 0.05) is 12.5 Å². The summed E-state index contributed by atoms with van der Waals surface area (Å²) in [5.41, 5.74) is 7.52. The summed E-state index contributed by atoms with van der Waals surface area (Å²) in [6, 6.07) is 10.7. The molecule has 2 nitrogen and oxygen atoms in total. The summed E-state index contributed by atoms with van der Waals surface area (Å²) in [6.45, 7) is 3.13. The van der Waals surface area contributed by atoms with Gasteiger partial charge in [0.15, 0.2) is 0 Å². The van der Waals surface area contributed by atoms with Gasteiger partial charge >= 0.3 is 0 Å². The smallest absolute Gasteiger partial charge is 0.0968 e. The number of rotatable bonds is 5. The van der Waals surface area contributed by atoms with Crippen LogP contribution in [0.3, 0.4) is 0 Å². The first-order valence-corrected chi connectivity index (χ1v) is 7.62. The van der Waals surface area contributed by atoms with Gasteiger partial charge < -0.3 is 5.73 Å². The van der Waals surface area contributed by atoms with Crippen molar-refractivity contribution in [1.82, 2.24) is 0 Å². The molecule has 104 valence electrons. The third-order valence-corrected chi connectivity index (χ3v) is 4.25. The normalized spacial score (nSPS) is 19.3. The number of amidine groups is 1. The molecule has 2 N–H and O–H groups in total. The Morgan fingerprint density at radius 3 is 2.58 bits per heavy atom. The minimum atomic E-state index is 0.556. The maximum Gasteiger partial charge on any atom is 0.0968 e. The highest BCUT2D eigenvalue weighted by atomic mass is 14.9. The van der Waals surface area contributed by atoms with Crippen LogP contribution in [0.25, 0.3) is 0 Å². The summed E-state index contributed by atoms with van der Waals surface area (Å²) in [5, 5.41) is 0. The van der Waals surface area contributed by atoms with Gasteiger partial charge in [0.2, 0.25) is 0 Å². The van der Waals surface area contributed by atoms with E-state index in [-0.39, 0.29) is 0 Å². The summed E-state index contributed by atoms with van der Waals surface area (Å²) in [6.07, 6.45) is 7.57. The van der Waals surface area contributed by atoms with Crippen LogP contribution in [0.15, 0.2) is 35.3 Å². The Kier molecular flexibility index (Phi) is 5.44. The molecule has 0 aliphatic heterocycles. The Labute approximate surface area is 117 Å². The monoisotopic (exact) mass is 258 g/mol. The van der Waals surface area contributed by atoms with Gasteiger partial charge in [-0.25, -0.2) is 0 Å². The van der Waals surface area contributed by atoms with Crippen molar-refractivity contribution in [2.45, 2.75) is 51.4 Å². The maximum absolute atomic E-state index is 6.12. The molecule has 0 radical (unpaired) electrons. The van der Waals surface area contributed by atoms with E-state index in [0.29, 0.717) is 11.8 Å². The quantitative estimate of drug-likeness (QED) is 0.626. The van der Waals surface area contributed by atoms with Gasteiger partial charge in [0.1, 0.15) is 0 Å². The lowest BCUT2D eigenvalue weighted by atomic mass is 9.88. The van der Waals surface area contributed by atoms with Gasteiger partial charge in [0.25, 0.3) is 0 Å². The molecule has 1 aliphatic carbocycles. The van der Waals surface area contributed by atoms with E-state index >= 15 is 0 Å². The predicted molar refractivity (Wildman–Crippen MR) is 82.5 cm³/mol. The first-order chi connectivity index (χ1) is 9.27. The molecule has 0 saturated heterocycles. The number of hydrogen-bond acceptors (Lipinski definition) is 1. The Bertz CT molecular complexity index is 391. The molecule has 1 aromatic rings. The number of nitrogens with two attached hydrogens (primary N) is 1. The van der Waals surface area contributed by atoms with Crippen molar-refractivity contribution in [3.8, 4) is 0 Å². The molecule has 1 fully saturated rings. The topological polar surface area (TPSA) is 38.4 Å². The van der Waals surface area contributed by atoms with Crippen LogP contribution >= 0.6 is 0 Å². The van der Waals surface area contributed by atoms with Gasteiger partial charge in [-0.1, -0.05) is 56.5 Å². The van der Waals surface area contributed by atoms with E-state index in [4.69, 9.17) is 5.73 Å². The fraction of sp³-hybridized carbons (Fsp3) is 0.588. The highest BCUT2D eigenvalue weighted by Gasteiger charge is 2.16. The Morgan fingerprint density at radius 2 is 1.89 bits per heavy atom. The highest BCUT2D eigenvalue weighted by Crippen LogP contribution is 2.24. The summed E-state index contributed by atoms with van der Waals surface area (Å²) in [5.74, 6) is 2.02. The van der Waals surface area contributed by atoms with Crippen molar-refractivity contribution in [2.75, 3.05) is 6.54 Å². The molecule has 1 atom stereocenters. The van der Waals surface area contributed by atoms with Crippen molar-refractivity contribution in [3.63, 3.8) is 0 Å². The van der Waals surface area contributed by atoms with Crippen molar-refractivity contribution >= 4 is 5.84 Å². The minimum absolute atomic E-state index is 0.556. The molecule has 0 heterocycles. The summed E-state index contributed by atoms with van der Waals surface area (Å²) >= 11 is 0. The number of benzene rings is 1. The minimum Gasteiger partial charge on any atom is -0.387 e. The van der Waals surface area contributed by atoms with Crippen LogP contribution < -0.4 is 5.73 Å². The van der Waals surface area contributed by atoms with Gasteiger partial charge in [-0.05, 0) is 30.7 Å². The number of nitrogens with zero attached hydrogens (tertiary/aromatic N) is 1. The molecule has 1 unspecified atom stereocenters. The third kappa shape index (κ3) is 4.38. The fourth-order valence-corrected chi connectivity index (χ4v) is 2.86. The van der Waals surface area contributed by atoms with E-state index in [9.17, 15) is 0 Å². The van der Waals surface area contributed by atoms with Crippen molar-refractivity contribution in [1.29, 1.82) is 0 Å². The first-order valence-electron chi connectivity index (χ1n) is 7.62. The zero-order valence-electron chi connectivity index (χ0n) is 12.0. The average Bonchev–Trinajstić information content (AvgIpc) is 2.49. The zero-order chi connectivity index (χ0) is 13.5. The van der Waals surface area contributed by atoms with Crippen LogP contribution in [0.2, 0.25) is 0 Å². The van der Waals surface area contributed by atoms with E-state index in [2.05, 4.69) is 42.2 Å². The molecular weight excluding hydrogens is 232 g/mol. The lowest BCUT2D eigenvalue weighted by Crippen LogP contribution is -2.26.